The molecule has 94 valence electrons. The number of rotatable bonds is 5. The summed E-state index contributed by atoms with van der Waals surface area (Å²) >= 11 is 0. The Morgan fingerprint density at radius 2 is 2.24 bits per heavy atom. The second-order valence-electron chi connectivity index (χ2n) is 5.04. The molecule has 17 heavy (non-hydrogen) atoms. The maximum atomic E-state index is 5.28. The zero-order chi connectivity index (χ0) is 12.3. The predicted octanol–water partition coefficient (Wildman–Crippen LogP) is 3.19. The Kier molecular flexibility index (Phi) is 4.06. The minimum Gasteiger partial charge on any atom is -0.497 e. The minimum absolute atomic E-state index is 0.694. The summed E-state index contributed by atoms with van der Waals surface area (Å²) in [6, 6.07) is 9.20. The van der Waals surface area contributed by atoms with E-state index in [0.717, 1.165) is 18.2 Å². The van der Waals surface area contributed by atoms with Crippen molar-refractivity contribution in [3.63, 3.8) is 0 Å². The third kappa shape index (κ3) is 2.63. The van der Waals surface area contributed by atoms with Crippen LogP contribution in [0.2, 0.25) is 0 Å². The highest BCUT2D eigenvalue weighted by molar-refractivity contribution is 5.33. The first-order chi connectivity index (χ1) is 8.26. The van der Waals surface area contributed by atoms with Gasteiger partial charge in [0.1, 0.15) is 5.75 Å². The standard InChI is InChI=1S/C15H23NO/c1-4-8-16-15-10-14(11(15)2)12-6-5-7-13(9-12)17-3/h5-7,9,11,14-16H,4,8,10H2,1-3H3. The van der Waals surface area contributed by atoms with Crippen molar-refractivity contribution >= 4 is 0 Å². The molecular formula is C15H23NO. The summed E-state index contributed by atoms with van der Waals surface area (Å²) in [5.41, 5.74) is 1.42. The van der Waals surface area contributed by atoms with Crippen LogP contribution in [0.25, 0.3) is 0 Å². The Hall–Kier alpha value is -1.02. The van der Waals surface area contributed by atoms with Crippen molar-refractivity contribution in [3.8, 4) is 5.75 Å². The van der Waals surface area contributed by atoms with Gasteiger partial charge in [0.25, 0.3) is 0 Å². The van der Waals surface area contributed by atoms with Crippen molar-refractivity contribution < 1.29 is 4.74 Å². The van der Waals surface area contributed by atoms with Gasteiger partial charge < -0.3 is 10.1 Å². The number of hydrogen-bond acceptors (Lipinski definition) is 2. The van der Waals surface area contributed by atoms with Crippen LogP contribution in [-0.2, 0) is 0 Å². The minimum atomic E-state index is 0.694. The van der Waals surface area contributed by atoms with Gasteiger partial charge in [-0.3, -0.25) is 0 Å². The lowest BCUT2D eigenvalue weighted by atomic mass is 9.67. The molecule has 1 N–H and O–H groups in total. The second kappa shape index (κ2) is 5.54. The molecule has 1 fully saturated rings. The summed E-state index contributed by atoms with van der Waals surface area (Å²) in [6.45, 7) is 5.71. The summed E-state index contributed by atoms with van der Waals surface area (Å²) in [5, 5.41) is 3.62. The van der Waals surface area contributed by atoms with Crippen LogP contribution in [0.1, 0.15) is 38.2 Å². The smallest absolute Gasteiger partial charge is 0.119 e. The van der Waals surface area contributed by atoms with Crippen LogP contribution in [0.3, 0.4) is 0 Å². The monoisotopic (exact) mass is 233 g/mol. The lowest BCUT2D eigenvalue weighted by molar-refractivity contribution is 0.184. The number of ether oxygens (including phenoxy) is 1. The lowest BCUT2D eigenvalue weighted by Gasteiger charge is -2.44. The van der Waals surface area contributed by atoms with Crippen molar-refractivity contribution in [2.75, 3.05) is 13.7 Å². The first kappa shape index (κ1) is 12.4. The highest BCUT2D eigenvalue weighted by atomic mass is 16.5. The third-order valence-electron chi connectivity index (χ3n) is 3.96. The van der Waals surface area contributed by atoms with Gasteiger partial charge in [0.15, 0.2) is 0 Å². The molecule has 3 unspecified atom stereocenters. The number of hydrogen-bond donors (Lipinski definition) is 1. The number of methoxy groups -OCH3 is 1. The molecule has 0 radical (unpaired) electrons. The molecule has 0 saturated heterocycles. The van der Waals surface area contributed by atoms with Crippen LogP contribution in [0.4, 0.5) is 0 Å². The van der Waals surface area contributed by atoms with Crippen LogP contribution >= 0.6 is 0 Å². The highest BCUT2D eigenvalue weighted by Gasteiger charge is 2.37. The topological polar surface area (TPSA) is 21.3 Å². The maximum Gasteiger partial charge on any atom is 0.119 e. The first-order valence-electron chi connectivity index (χ1n) is 6.63. The SMILES string of the molecule is CCCNC1CC(c2cccc(OC)c2)C1C. The van der Waals surface area contributed by atoms with E-state index in [0.29, 0.717) is 12.0 Å². The van der Waals surface area contributed by atoms with Gasteiger partial charge in [-0.1, -0.05) is 26.0 Å². The number of benzene rings is 1. The van der Waals surface area contributed by atoms with Gasteiger partial charge >= 0.3 is 0 Å². The van der Waals surface area contributed by atoms with Gasteiger partial charge in [-0.25, -0.2) is 0 Å². The Balaban J connectivity index is 1.96. The number of nitrogens with one attached hydrogen (secondary N) is 1. The maximum absolute atomic E-state index is 5.28. The van der Waals surface area contributed by atoms with E-state index in [1.165, 1.54) is 18.4 Å². The van der Waals surface area contributed by atoms with Crippen LogP contribution < -0.4 is 10.1 Å². The molecule has 1 aliphatic carbocycles. The van der Waals surface area contributed by atoms with E-state index in [9.17, 15) is 0 Å². The van der Waals surface area contributed by atoms with Gasteiger partial charge in [0.2, 0.25) is 0 Å². The van der Waals surface area contributed by atoms with Crippen LogP contribution in [0, 0.1) is 5.92 Å². The van der Waals surface area contributed by atoms with Crippen molar-refractivity contribution in [2.24, 2.45) is 5.92 Å². The van der Waals surface area contributed by atoms with E-state index in [4.69, 9.17) is 4.74 Å². The Labute approximate surface area is 104 Å². The van der Waals surface area contributed by atoms with Gasteiger partial charge in [0, 0.05) is 6.04 Å². The fraction of sp³-hybridized carbons (Fsp3) is 0.600. The van der Waals surface area contributed by atoms with Crippen molar-refractivity contribution in [3.05, 3.63) is 29.8 Å². The highest BCUT2D eigenvalue weighted by Crippen LogP contribution is 2.43. The molecule has 0 bridgehead atoms. The van der Waals surface area contributed by atoms with Gasteiger partial charge in [-0.15, -0.1) is 0 Å². The normalized spacial score (nSPS) is 27.6. The first-order valence-corrected chi connectivity index (χ1v) is 6.63. The van der Waals surface area contributed by atoms with Crippen LogP contribution in [-0.4, -0.2) is 19.7 Å². The molecule has 0 amide bonds. The Bertz CT molecular complexity index is 364. The zero-order valence-electron chi connectivity index (χ0n) is 11.1. The summed E-state index contributed by atoms with van der Waals surface area (Å²) in [4.78, 5) is 0. The molecule has 2 heteroatoms. The fourth-order valence-corrected chi connectivity index (χ4v) is 2.70. The molecule has 0 spiro atoms. The molecule has 2 nitrogen and oxygen atoms in total. The van der Waals surface area contributed by atoms with Crippen molar-refractivity contribution in [1.82, 2.24) is 5.32 Å². The molecule has 1 saturated carbocycles. The van der Waals surface area contributed by atoms with Crippen LogP contribution in [0.15, 0.2) is 24.3 Å². The van der Waals surface area contributed by atoms with Crippen molar-refractivity contribution in [1.29, 1.82) is 0 Å². The summed E-state index contributed by atoms with van der Waals surface area (Å²) < 4.78 is 5.28. The average Bonchev–Trinajstić information content (AvgIpc) is 2.37. The summed E-state index contributed by atoms with van der Waals surface area (Å²) in [5.74, 6) is 2.40. The van der Waals surface area contributed by atoms with Gasteiger partial charge in [-0.05, 0) is 48.9 Å². The summed E-state index contributed by atoms with van der Waals surface area (Å²) in [6.07, 6.45) is 2.47. The second-order valence-corrected chi connectivity index (χ2v) is 5.04. The van der Waals surface area contributed by atoms with E-state index in [2.05, 4.69) is 37.4 Å². The molecule has 0 heterocycles. The fourth-order valence-electron chi connectivity index (χ4n) is 2.70. The molecule has 1 aromatic carbocycles. The largest absolute Gasteiger partial charge is 0.497 e. The quantitative estimate of drug-likeness (QED) is 0.843. The molecule has 3 atom stereocenters. The third-order valence-corrected chi connectivity index (χ3v) is 3.96. The summed E-state index contributed by atoms with van der Waals surface area (Å²) in [7, 11) is 1.73. The van der Waals surface area contributed by atoms with E-state index in [1.807, 2.05) is 6.07 Å². The van der Waals surface area contributed by atoms with E-state index < -0.39 is 0 Å². The molecule has 2 rings (SSSR count). The van der Waals surface area contributed by atoms with E-state index in [1.54, 1.807) is 7.11 Å². The van der Waals surface area contributed by atoms with E-state index in [-0.39, 0.29) is 0 Å². The van der Waals surface area contributed by atoms with Crippen LogP contribution in [0.5, 0.6) is 5.75 Å². The predicted molar refractivity (Wildman–Crippen MR) is 71.6 cm³/mol. The van der Waals surface area contributed by atoms with Crippen molar-refractivity contribution in [2.45, 2.75) is 38.6 Å². The zero-order valence-corrected chi connectivity index (χ0v) is 11.1. The molecule has 1 aromatic rings. The van der Waals surface area contributed by atoms with Gasteiger partial charge in [-0.2, -0.15) is 0 Å². The average molecular weight is 233 g/mol. The Morgan fingerprint density at radius 3 is 2.88 bits per heavy atom. The molecular weight excluding hydrogens is 210 g/mol. The molecule has 0 aliphatic heterocycles. The van der Waals surface area contributed by atoms with Gasteiger partial charge in [0.05, 0.1) is 7.11 Å². The molecule has 0 aromatic heterocycles. The van der Waals surface area contributed by atoms with E-state index >= 15 is 0 Å². The Morgan fingerprint density at radius 1 is 1.41 bits per heavy atom. The molecule has 1 aliphatic rings. The lowest BCUT2D eigenvalue weighted by Crippen LogP contribution is -2.48.